The molecule has 0 heterocycles. The molecule has 0 saturated heterocycles. The summed E-state index contributed by atoms with van der Waals surface area (Å²) in [6, 6.07) is 0. The Morgan fingerprint density at radius 3 is 2.29 bits per heavy atom. The molecule has 14 heavy (non-hydrogen) atoms. The largest absolute Gasteiger partial charge is 0.213 e. The van der Waals surface area contributed by atoms with Crippen molar-refractivity contribution in [1.82, 2.24) is 4.31 Å². The van der Waals surface area contributed by atoms with Crippen LogP contribution in [0.15, 0.2) is 0 Å². The van der Waals surface area contributed by atoms with Gasteiger partial charge in [-0.3, -0.25) is 0 Å². The maximum absolute atomic E-state index is 11.4. The van der Waals surface area contributed by atoms with Gasteiger partial charge in [-0.1, -0.05) is 13.8 Å². The van der Waals surface area contributed by atoms with Gasteiger partial charge in [-0.25, -0.2) is 12.7 Å². The van der Waals surface area contributed by atoms with Crippen LogP contribution >= 0.6 is 0 Å². The van der Waals surface area contributed by atoms with Crippen molar-refractivity contribution >= 4 is 10.0 Å². The van der Waals surface area contributed by atoms with E-state index < -0.39 is 10.0 Å². The summed E-state index contributed by atoms with van der Waals surface area (Å²) in [6.07, 6.45) is 4.68. The van der Waals surface area contributed by atoms with Gasteiger partial charge in [-0.15, -0.1) is 0 Å². The molecule has 1 fully saturated rings. The normalized spacial score (nSPS) is 18.1. The van der Waals surface area contributed by atoms with Gasteiger partial charge in [0.1, 0.15) is 0 Å². The topological polar surface area (TPSA) is 37.4 Å². The lowest BCUT2D eigenvalue weighted by atomic mass is 10.1. The minimum atomic E-state index is -2.98. The second-order valence-electron chi connectivity index (χ2n) is 4.75. The number of hydrogen-bond acceptors (Lipinski definition) is 2. The molecule has 0 amide bonds. The summed E-state index contributed by atoms with van der Waals surface area (Å²) in [5, 5.41) is 0. The first-order valence-corrected chi connectivity index (χ1v) is 7.19. The Kier molecular flexibility index (Phi) is 3.95. The molecule has 1 aliphatic carbocycles. The quantitative estimate of drug-likeness (QED) is 0.682. The minimum Gasteiger partial charge on any atom is -0.213 e. The van der Waals surface area contributed by atoms with Crippen molar-refractivity contribution in [2.45, 2.75) is 33.1 Å². The second kappa shape index (κ2) is 4.62. The molecule has 0 aliphatic heterocycles. The van der Waals surface area contributed by atoms with Crippen molar-refractivity contribution in [2.24, 2.45) is 11.8 Å². The van der Waals surface area contributed by atoms with Gasteiger partial charge in [0.25, 0.3) is 0 Å². The molecular formula is C10H21NO2S. The number of sulfonamides is 1. The van der Waals surface area contributed by atoms with Crippen molar-refractivity contribution in [3.05, 3.63) is 0 Å². The van der Waals surface area contributed by atoms with Gasteiger partial charge < -0.3 is 0 Å². The lowest BCUT2D eigenvalue weighted by Gasteiger charge is -2.20. The fraction of sp³-hybridized carbons (Fsp3) is 1.00. The predicted molar refractivity (Wildman–Crippen MR) is 58.6 cm³/mol. The summed E-state index contributed by atoms with van der Waals surface area (Å²) in [7, 11) is -2.98. The molecule has 0 unspecified atom stereocenters. The van der Waals surface area contributed by atoms with Crippen molar-refractivity contribution in [2.75, 3.05) is 19.3 Å². The first kappa shape index (κ1) is 12.0. The highest BCUT2D eigenvalue weighted by Crippen LogP contribution is 2.30. The monoisotopic (exact) mass is 219 g/mol. The van der Waals surface area contributed by atoms with Crippen molar-refractivity contribution in [3.63, 3.8) is 0 Å². The van der Waals surface area contributed by atoms with Gasteiger partial charge in [-0.2, -0.15) is 0 Å². The van der Waals surface area contributed by atoms with E-state index in [-0.39, 0.29) is 0 Å². The predicted octanol–water partition coefficient (Wildman–Crippen LogP) is 1.70. The van der Waals surface area contributed by atoms with Crippen LogP contribution in [0.4, 0.5) is 0 Å². The second-order valence-corrected chi connectivity index (χ2v) is 6.73. The SMILES string of the molecule is CC(C)CCN(CC1CC1)S(C)(=O)=O. The summed E-state index contributed by atoms with van der Waals surface area (Å²) in [5.74, 6) is 1.20. The smallest absolute Gasteiger partial charge is 0.211 e. The van der Waals surface area contributed by atoms with Gasteiger partial charge in [-0.05, 0) is 31.1 Å². The summed E-state index contributed by atoms with van der Waals surface area (Å²) in [6.45, 7) is 5.67. The zero-order valence-electron chi connectivity index (χ0n) is 9.36. The van der Waals surface area contributed by atoms with E-state index >= 15 is 0 Å². The van der Waals surface area contributed by atoms with Crippen LogP contribution in [0.1, 0.15) is 33.1 Å². The molecule has 0 atom stereocenters. The third-order valence-corrected chi connectivity index (χ3v) is 3.85. The Labute approximate surface area is 87.5 Å². The lowest BCUT2D eigenvalue weighted by Crippen LogP contribution is -2.33. The van der Waals surface area contributed by atoms with E-state index in [4.69, 9.17) is 0 Å². The molecule has 3 nitrogen and oxygen atoms in total. The third kappa shape index (κ3) is 4.42. The Morgan fingerprint density at radius 2 is 1.93 bits per heavy atom. The molecule has 0 N–H and O–H groups in total. The van der Waals surface area contributed by atoms with Crippen molar-refractivity contribution in [1.29, 1.82) is 0 Å². The Balaban J connectivity index is 2.43. The molecule has 0 radical (unpaired) electrons. The molecule has 4 heteroatoms. The standard InChI is InChI=1S/C10H21NO2S/c1-9(2)6-7-11(14(3,12)13)8-10-4-5-10/h9-10H,4-8H2,1-3H3. The van der Waals surface area contributed by atoms with E-state index in [9.17, 15) is 8.42 Å². The van der Waals surface area contributed by atoms with E-state index in [1.807, 2.05) is 0 Å². The van der Waals surface area contributed by atoms with Crippen LogP contribution in [-0.2, 0) is 10.0 Å². The van der Waals surface area contributed by atoms with Gasteiger partial charge in [0.05, 0.1) is 6.26 Å². The summed E-state index contributed by atoms with van der Waals surface area (Å²) >= 11 is 0. The summed E-state index contributed by atoms with van der Waals surface area (Å²) in [4.78, 5) is 0. The molecule has 0 aromatic carbocycles. The highest BCUT2D eigenvalue weighted by atomic mass is 32.2. The minimum absolute atomic E-state index is 0.568. The molecule has 1 aliphatic rings. The van der Waals surface area contributed by atoms with Gasteiger partial charge in [0.2, 0.25) is 10.0 Å². The average molecular weight is 219 g/mol. The van der Waals surface area contributed by atoms with Gasteiger partial charge in [0, 0.05) is 13.1 Å². The summed E-state index contributed by atoms with van der Waals surface area (Å²) in [5.41, 5.74) is 0. The van der Waals surface area contributed by atoms with Crippen LogP contribution in [0, 0.1) is 11.8 Å². The Hall–Kier alpha value is -0.0900. The zero-order chi connectivity index (χ0) is 10.8. The van der Waals surface area contributed by atoms with E-state index in [1.165, 1.54) is 19.1 Å². The maximum Gasteiger partial charge on any atom is 0.211 e. The molecule has 1 rings (SSSR count). The van der Waals surface area contributed by atoms with E-state index in [1.54, 1.807) is 4.31 Å². The highest BCUT2D eigenvalue weighted by molar-refractivity contribution is 7.88. The van der Waals surface area contributed by atoms with Crippen LogP contribution < -0.4 is 0 Å². The van der Waals surface area contributed by atoms with Crippen LogP contribution in [0.25, 0.3) is 0 Å². The van der Waals surface area contributed by atoms with Crippen LogP contribution in [-0.4, -0.2) is 32.1 Å². The number of nitrogens with zero attached hydrogens (tertiary/aromatic N) is 1. The molecule has 0 aromatic rings. The third-order valence-electron chi connectivity index (χ3n) is 2.58. The van der Waals surface area contributed by atoms with E-state index in [0.717, 1.165) is 13.0 Å². The molecule has 84 valence electrons. The van der Waals surface area contributed by atoms with E-state index in [0.29, 0.717) is 18.4 Å². The van der Waals surface area contributed by atoms with Crippen molar-refractivity contribution in [3.8, 4) is 0 Å². The number of hydrogen-bond donors (Lipinski definition) is 0. The average Bonchev–Trinajstić information content (AvgIpc) is 2.78. The van der Waals surface area contributed by atoms with E-state index in [2.05, 4.69) is 13.8 Å². The highest BCUT2D eigenvalue weighted by Gasteiger charge is 2.28. The Bertz CT molecular complexity index is 268. The maximum atomic E-state index is 11.4. The van der Waals surface area contributed by atoms with Crippen LogP contribution in [0.5, 0.6) is 0 Å². The van der Waals surface area contributed by atoms with Crippen LogP contribution in [0.3, 0.4) is 0 Å². The number of rotatable bonds is 6. The molecule has 0 bridgehead atoms. The Morgan fingerprint density at radius 1 is 1.36 bits per heavy atom. The fourth-order valence-electron chi connectivity index (χ4n) is 1.38. The first-order chi connectivity index (χ1) is 6.39. The molecule has 0 spiro atoms. The lowest BCUT2D eigenvalue weighted by molar-refractivity contribution is 0.371. The zero-order valence-corrected chi connectivity index (χ0v) is 10.2. The fourth-order valence-corrected chi connectivity index (χ4v) is 2.30. The van der Waals surface area contributed by atoms with Gasteiger partial charge >= 0.3 is 0 Å². The van der Waals surface area contributed by atoms with Crippen molar-refractivity contribution < 1.29 is 8.42 Å². The molecule has 0 aromatic heterocycles. The molecule has 1 saturated carbocycles. The molecular weight excluding hydrogens is 198 g/mol. The first-order valence-electron chi connectivity index (χ1n) is 5.34. The van der Waals surface area contributed by atoms with Crippen LogP contribution in [0.2, 0.25) is 0 Å². The summed E-state index contributed by atoms with van der Waals surface area (Å²) < 4.78 is 24.5. The van der Waals surface area contributed by atoms with Gasteiger partial charge in [0.15, 0.2) is 0 Å².